The Morgan fingerprint density at radius 3 is 2.37 bits per heavy atom. The van der Waals surface area contributed by atoms with Crippen molar-refractivity contribution in [2.45, 2.75) is 46.6 Å². The fraction of sp³-hybridized carbons (Fsp3) is 0.524. The average Bonchev–Trinajstić information content (AvgIpc) is 2.89. The second-order valence-electron chi connectivity index (χ2n) is 7.43. The van der Waals surface area contributed by atoms with Crippen LogP contribution in [0, 0.1) is 13.8 Å². The predicted molar refractivity (Wildman–Crippen MR) is 112 cm³/mol. The fourth-order valence-corrected chi connectivity index (χ4v) is 3.00. The van der Waals surface area contributed by atoms with Crippen LogP contribution in [0.15, 0.2) is 29.3 Å². The van der Waals surface area contributed by atoms with E-state index in [0.717, 1.165) is 36.2 Å². The highest BCUT2D eigenvalue weighted by Gasteiger charge is 2.21. The van der Waals surface area contributed by atoms with E-state index in [2.05, 4.69) is 55.6 Å². The molecule has 27 heavy (non-hydrogen) atoms. The van der Waals surface area contributed by atoms with Gasteiger partial charge in [0, 0.05) is 36.8 Å². The zero-order valence-corrected chi connectivity index (χ0v) is 17.7. The van der Waals surface area contributed by atoms with Gasteiger partial charge in [-0.1, -0.05) is 26.0 Å². The molecule has 1 aromatic heterocycles. The molecule has 0 unspecified atom stereocenters. The van der Waals surface area contributed by atoms with E-state index < -0.39 is 0 Å². The molecule has 2 rings (SSSR count). The molecule has 6 nitrogen and oxygen atoms in total. The van der Waals surface area contributed by atoms with Crippen molar-refractivity contribution in [3.8, 4) is 5.75 Å². The molecule has 0 spiro atoms. The SMILES string of the molecule is CCNC(=NCc1c(C)nn(C)c1C)NCC(C)(C)c1ccc(OC)cc1. The van der Waals surface area contributed by atoms with Crippen LogP contribution in [-0.4, -0.2) is 35.9 Å². The quantitative estimate of drug-likeness (QED) is 0.580. The lowest BCUT2D eigenvalue weighted by molar-refractivity contribution is 0.414. The lowest BCUT2D eigenvalue weighted by Crippen LogP contribution is -2.43. The molecule has 1 aromatic carbocycles. The van der Waals surface area contributed by atoms with Gasteiger partial charge in [-0.3, -0.25) is 4.68 Å². The maximum absolute atomic E-state index is 5.26. The zero-order valence-electron chi connectivity index (χ0n) is 17.7. The van der Waals surface area contributed by atoms with Gasteiger partial charge in [0.25, 0.3) is 0 Å². The van der Waals surface area contributed by atoms with Gasteiger partial charge in [0.2, 0.25) is 0 Å². The molecule has 0 fully saturated rings. The molecule has 0 aliphatic heterocycles. The van der Waals surface area contributed by atoms with Crippen LogP contribution in [0.1, 0.15) is 43.3 Å². The number of rotatable bonds is 7. The highest BCUT2D eigenvalue weighted by Crippen LogP contribution is 2.24. The van der Waals surface area contributed by atoms with Gasteiger partial charge in [-0.2, -0.15) is 5.10 Å². The van der Waals surface area contributed by atoms with E-state index in [9.17, 15) is 0 Å². The summed E-state index contributed by atoms with van der Waals surface area (Å²) in [6.45, 7) is 12.8. The van der Waals surface area contributed by atoms with E-state index in [4.69, 9.17) is 9.73 Å². The van der Waals surface area contributed by atoms with Crippen LogP contribution in [0.3, 0.4) is 0 Å². The van der Waals surface area contributed by atoms with Crippen molar-refractivity contribution < 1.29 is 4.74 Å². The standard InChI is InChI=1S/C21H33N5O/c1-8-22-20(23-13-19-15(2)25-26(6)16(19)3)24-14-21(4,5)17-9-11-18(27-7)12-10-17/h9-12H,8,13-14H2,1-7H3,(H2,22,23,24). The first-order chi connectivity index (χ1) is 12.8. The molecule has 0 amide bonds. The summed E-state index contributed by atoms with van der Waals surface area (Å²) in [7, 11) is 3.66. The molecular weight excluding hydrogens is 338 g/mol. The molecule has 1 heterocycles. The van der Waals surface area contributed by atoms with Crippen molar-refractivity contribution >= 4 is 5.96 Å². The van der Waals surface area contributed by atoms with Crippen LogP contribution < -0.4 is 15.4 Å². The first kappa shape index (κ1) is 20.8. The maximum Gasteiger partial charge on any atom is 0.191 e. The van der Waals surface area contributed by atoms with Gasteiger partial charge in [0.1, 0.15) is 5.75 Å². The molecule has 0 aliphatic rings. The average molecular weight is 372 g/mol. The topological polar surface area (TPSA) is 63.5 Å². The Bertz CT molecular complexity index is 775. The van der Waals surface area contributed by atoms with E-state index in [0.29, 0.717) is 6.54 Å². The number of hydrogen-bond acceptors (Lipinski definition) is 3. The number of benzene rings is 1. The van der Waals surface area contributed by atoms with Gasteiger partial charge in [-0.05, 0) is 38.5 Å². The third kappa shape index (κ3) is 5.25. The first-order valence-corrected chi connectivity index (χ1v) is 9.44. The minimum Gasteiger partial charge on any atom is -0.497 e. The van der Waals surface area contributed by atoms with Gasteiger partial charge >= 0.3 is 0 Å². The van der Waals surface area contributed by atoms with Gasteiger partial charge in [-0.25, -0.2) is 4.99 Å². The molecule has 6 heteroatoms. The molecule has 2 N–H and O–H groups in total. The number of guanidine groups is 1. The summed E-state index contributed by atoms with van der Waals surface area (Å²) < 4.78 is 7.17. The largest absolute Gasteiger partial charge is 0.497 e. The predicted octanol–water partition coefficient (Wildman–Crippen LogP) is 3.08. The third-order valence-electron chi connectivity index (χ3n) is 4.97. The summed E-state index contributed by atoms with van der Waals surface area (Å²) in [6, 6.07) is 8.24. The second-order valence-corrected chi connectivity index (χ2v) is 7.43. The number of nitrogens with zero attached hydrogens (tertiary/aromatic N) is 3. The van der Waals surface area contributed by atoms with Crippen LogP contribution >= 0.6 is 0 Å². The summed E-state index contributed by atoms with van der Waals surface area (Å²) in [5, 5.41) is 11.3. The number of hydrogen-bond donors (Lipinski definition) is 2. The fourth-order valence-electron chi connectivity index (χ4n) is 3.00. The zero-order chi connectivity index (χ0) is 20.0. The highest BCUT2D eigenvalue weighted by atomic mass is 16.5. The van der Waals surface area contributed by atoms with E-state index in [1.165, 1.54) is 11.1 Å². The Morgan fingerprint density at radius 1 is 1.19 bits per heavy atom. The first-order valence-electron chi connectivity index (χ1n) is 9.44. The van der Waals surface area contributed by atoms with E-state index in [1.807, 2.05) is 30.8 Å². The number of aromatic nitrogens is 2. The molecular formula is C21H33N5O. The van der Waals surface area contributed by atoms with Crippen molar-refractivity contribution in [3.05, 3.63) is 46.8 Å². The van der Waals surface area contributed by atoms with Crippen LogP contribution in [0.2, 0.25) is 0 Å². The maximum atomic E-state index is 5.26. The molecule has 0 bridgehead atoms. The van der Waals surface area contributed by atoms with Crippen molar-refractivity contribution in [2.24, 2.45) is 12.0 Å². The van der Waals surface area contributed by atoms with Crippen LogP contribution in [0.4, 0.5) is 0 Å². The van der Waals surface area contributed by atoms with Crippen molar-refractivity contribution in [2.75, 3.05) is 20.2 Å². The molecule has 148 valence electrons. The normalized spacial score (nSPS) is 12.2. The minimum atomic E-state index is -0.0391. The molecule has 2 aromatic rings. The Kier molecular flexibility index (Phi) is 6.88. The van der Waals surface area contributed by atoms with Crippen molar-refractivity contribution in [3.63, 3.8) is 0 Å². The van der Waals surface area contributed by atoms with Crippen LogP contribution in [0.5, 0.6) is 5.75 Å². The smallest absolute Gasteiger partial charge is 0.191 e. The van der Waals surface area contributed by atoms with Gasteiger partial charge in [-0.15, -0.1) is 0 Å². The minimum absolute atomic E-state index is 0.0391. The molecule has 0 radical (unpaired) electrons. The van der Waals surface area contributed by atoms with Crippen LogP contribution in [0.25, 0.3) is 0 Å². The number of methoxy groups -OCH3 is 1. The highest BCUT2D eigenvalue weighted by molar-refractivity contribution is 5.79. The summed E-state index contributed by atoms with van der Waals surface area (Å²) >= 11 is 0. The number of aliphatic imine (C=N–C) groups is 1. The molecule has 0 saturated carbocycles. The Morgan fingerprint density at radius 2 is 1.85 bits per heavy atom. The van der Waals surface area contributed by atoms with E-state index in [1.54, 1.807) is 7.11 Å². The van der Waals surface area contributed by atoms with E-state index >= 15 is 0 Å². The lowest BCUT2D eigenvalue weighted by Gasteiger charge is -2.27. The Balaban J connectivity index is 2.08. The molecule has 0 saturated heterocycles. The van der Waals surface area contributed by atoms with Crippen molar-refractivity contribution in [1.29, 1.82) is 0 Å². The van der Waals surface area contributed by atoms with Crippen LogP contribution in [-0.2, 0) is 19.0 Å². The Labute approximate surface area is 163 Å². The van der Waals surface area contributed by atoms with Crippen molar-refractivity contribution in [1.82, 2.24) is 20.4 Å². The summed E-state index contributed by atoms with van der Waals surface area (Å²) in [4.78, 5) is 4.76. The second kappa shape index (κ2) is 8.93. The van der Waals surface area contributed by atoms with Gasteiger partial charge in [0.05, 0.1) is 19.3 Å². The Hall–Kier alpha value is -2.50. The number of ether oxygens (including phenoxy) is 1. The van der Waals surface area contributed by atoms with E-state index in [-0.39, 0.29) is 5.41 Å². The summed E-state index contributed by atoms with van der Waals surface area (Å²) in [6.07, 6.45) is 0. The van der Waals surface area contributed by atoms with Gasteiger partial charge < -0.3 is 15.4 Å². The number of aryl methyl sites for hydroxylation is 2. The molecule has 0 atom stereocenters. The third-order valence-corrected chi connectivity index (χ3v) is 4.97. The lowest BCUT2D eigenvalue weighted by atomic mass is 9.84. The monoisotopic (exact) mass is 371 g/mol. The summed E-state index contributed by atoms with van der Waals surface area (Å²) in [5.74, 6) is 1.70. The molecule has 0 aliphatic carbocycles. The van der Waals surface area contributed by atoms with Gasteiger partial charge in [0.15, 0.2) is 5.96 Å². The number of nitrogens with one attached hydrogen (secondary N) is 2. The summed E-state index contributed by atoms with van der Waals surface area (Å²) in [5.41, 5.74) is 4.59.